The average Bonchev–Trinajstić information content (AvgIpc) is 3.40. The first-order chi connectivity index (χ1) is 15.6. The van der Waals surface area contributed by atoms with Crippen molar-refractivity contribution < 1.29 is 4.79 Å². The Labute approximate surface area is 192 Å². The van der Waals surface area contributed by atoms with Gasteiger partial charge in [0.05, 0.1) is 23.3 Å². The number of carbonyl (C=O) groups is 1. The zero-order valence-corrected chi connectivity index (χ0v) is 18.5. The van der Waals surface area contributed by atoms with E-state index >= 15 is 0 Å². The van der Waals surface area contributed by atoms with Crippen LogP contribution in [0.5, 0.6) is 0 Å². The van der Waals surface area contributed by atoms with E-state index in [0.29, 0.717) is 16.4 Å². The smallest absolute Gasteiger partial charge is 0.274 e. The van der Waals surface area contributed by atoms with Crippen LogP contribution < -0.4 is 10.6 Å². The Morgan fingerprint density at radius 1 is 1.06 bits per heavy atom. The number of halogens is 1. The Bertz CT molecular complexity index is 1440. The van der Waals surface area contributed by atoms with Gasteiger partial charge in [-0.1, -0.05) is 35.9 Å². The minimum absolute atomic E-state index is 0.279. The highest BCUT2D eigenvalue weighted by atomic mass is 35.5. The molecule has 2 N–H and O–H groups in total. The summed E-state index contributed by atoms with van der Waals surface area (Å²) in [6.45, 7) is 1.94. The fraction of sp³-hybridized carbons (Fsp3) is 0.0435. The highest BCUT2D eigenvalue weighted by Crippen LogP contribution is 2.28. The highest BCUT2D eigenvalue weighted by Gasteiger charge is 2.15. The molecule has 0 spiro atoms. The van der Waals surface area contributed by atoms with Crippen molar-refractivity contribution in [3.05, 3.63) is 88.8 Å². The number of fused-ring (bicyclic) bond motifs is 1. The molecule has 0 bridgehead atoms. The van der Waals surface area contributed by atoms with Gasteiger partial charge in [0.15, 0.2) is 10.8 Å². The number of hydrogen-bond donors (Lipinski definition) is 2. The quantitative estimate of drug-likeness (QED) is 0.345. The molecule has 32 heavy (non-hydrogen) atoms. The van der Waals surface area contributed by atoms with Gasteiger partial charge < -0.3 is 10.6 Å². The van der Waals surface area contributed by atoms with Gasteiger partial charge >= 0.3 is 0 Å². The van der Waals surface area contributed by atoms with E-state index in [1.54, 1.807) is 23.0 Å². The zero-order valence-electron chi connectivity index (χ0n) is 16.9. The van der Waals surface area contributed by atoms with Gasteiger partial charge in [0, 0.05) is 22.2 Å². The third-order valence-electron chi connectivity index (χ3n) is 4.77. The van der Waals surface area contributed by atoms with E-state index in [1.165, 1.54) is 11.3 Å². The molecule has 9 heteroatoms. The SMILES string of the molecule is Cc1csc(Nc2ccccc2NC(=O)c2ccn3ncc(-c4cccc(Cl)c4)c3n2)n1. The monoisotopic (exact) mass is 460 g/mol. The van der Waals surface area contributed by atoms with Crippen LogP contribution in [0.25, 0.3) is 16.8 Å². The van der Waals surface area contributed by atoms with Gasteiger partial charge in [-0.3, -0.25) is 4.79 Å². The summed E-state index contributed by atoms with van der Waals surface area (Å²) in [4.78, 5) is 22.0. The maximum Gasteiger partial charge on any atom is 0.274 e. The van der Waals surface area contributed by atoms with Gasteiger partial charge in [0.25, 0.3) is 5.91 Å². The summed E-state index contributed by atoms with van der Waals surface area (Å²) >= 11 is 7.64. The summed E-state index contributed by atoms with van der Waals surface area (Å²) in [6, 6.07) is 16.6. The maximum absolute atomic E-state index is 13.0. The first kappa shape index (κ1) is 20.2. The topological polar surface area (TPSA) is 84.2 Å². The summed E-state index contributed by atoms with van der Waals surface area (Å²) in [5.41, 5.74) is 4.85. The van der Waals surface area contributed by atoms with Crippen LogP contribution >= 0.6 is 22.9 Å². The Morgan fingerprint density at radius 3 is 2.69 bits per heavy atom. The second kappa shape index (κ2) is 8.41. The third kappa shape index (κ3) is 4.05. The number of aromatic nitrogens is 4. The van der Waals surface area contributed by atoms with Gasteiger partial charge in [-0.2, -0.15) is 5.10 Å². The summed E-state index contributed by atoms with van der Waals surface area (Å²) < 4.78 is 1.63. The minimum atomic E-state index is -0.324. The lowest BCUT2D eigenvalue weighted by Crippen LogP contribution is -2.15. The van der Waals surface area contributed by atoms with E-state index in [0.717, 1.165) is 27.6 Å². The average molecular weight is 461 g/mol. The number of nitrogens with one attached hydrogen (secondary N) is 2. The molecule has 3 heterocycles. The van der Waals surface area contributed by atoms with Crippen molar-refractivity contribution in [2.75, 3.05) is 10.6 Å². The van der Waals surface area contributed by atoms with Crippen LogP contribution in [0.4, 0.5) is 16.5 Å². The Kier molecular flexibility index (Phi) is 5.30. The lowest BCUT2D eigenvalue weighted by atomic mass is 10.1. The number of nitrogens with zero attached hydrogens (tertiary/aromatic N) is 4. The normalized spacial score (nSPS) is 10.9. The van der Waals surface area contributed by atoms with E-state index < -0.39 is 0 Å². The molecule has 0 radical (unpaired) electrons. The molecule has 5 aromatic rings. The fourth-order valence-electron chi connectivity index (χ4n) is 3.27. The van der Waals surface area contributed by atoms with Crippen molar-refractivity contribution in [3.8, 4) is 11.1 Å². The first-order valence-corrected chi connectivity index (χ1v) is 11.0. The van der Waals surface area contributed by atoms with Gasteiger partial charge in [-0.25, -0.2) is 14.5 Å². The van der Waals surface area contributed by atoms with E-state index in [9.17, 15) is 4.79 Å². The fourth-order valence-corrected chi connectivity index (χ4v) is 4.16. The number of anilines is 3. The summed E-state index contributed by atoms with van der Waals surface area (Å²) in [6.07, 6.45) is 3.43. The van der Waals surface area contributed by atoms with E-state index in [2.05, 4.69) is 25.7 Å². The zero-order chi connectivity index (χ0) is 22.1. The lowest BCUT2D eigenvalue weighted by Gasteiger charge is -2.11. The van der Waals surface area contributed by atoms with Gasteiger partial charge in [-0.05, 0) is 42.8 Å². The number of rotatable bonds is 5. The standard InChI is InChI=1S/C23H17ClN6OS/c1-14-13-32-23(26-14)29-19-8-3-2-7-18(19)28-22(31)20-9-10-30-21(27-20)17(12-25-30)15-5-4-6-16(24)11-15/h2-13H,1H3,(H,26,29)(H,28,31). The number of benzene rings is 2. The molecular formula is C23H17ClN6OS. The third-order valence-corrected chi connectivity index (χ3v) is 5.88. The molecule has 0 aliphatic rings. The maximum atomic E-state index is 13.0. The van der Waals surface area contributed by atoms with Crippen molar-refractivity contribution >= 4 is 51.0 Å². The second-order valence-electron chi connectivity index (χ2n) is 7.07. The molecule has 0 aliphatic heterocycles. The van der Waals surface area contributed by atoms with Crippen LogP contribution in [-0.4, -0.2) is 25.5 Å². The van der Waals surface area contributed by atoms with Crippen molar-refractivity contribution in [2.24, 2.45) is 0 Å². The molecule has 0 saturated heterocycles. The predicted octanol–water partition coefficient (Wildman–Crippen LogP) is 5.81. The number of carbonyl (C=O) groups excluding carboxylic acids is 1. The molecular weight excluding hydrogens is 444 g/mol. The van der Waals surface area contributed by atoms with Crippen molar-refractivity contribution in [1.82, 2.24) is 19.6 Å². The Balaban J connectivity index is 1.44. The number of thiazole rings is 1. The second-order valence-corrected chi connectivity index (χ2v) is 8.36. The molecule has 2 aromatic carbocycles. The van der Waals surface area contributed by atoms with Gasteiger partial charge in [-0.15, -0.1) is 11.3 Å². The molecule has 3 aromatic heterocycles. The molecule has 5 rings (SSSR count). The predicted molar refractivity (Wildman–Crippen MR) is 128 cm³/mol. The lowest BCUT2D eigenvalue weighted by molar-refractivity contribution is 0.102. The van der Waals surface area contributed by atoms with Gasteiger partial charge in [0.1, 0.15) is 5.69 Å². The molecule has 0 aliphatic carbocycles. The van der Waals surface area contributed by atoms with Crippen LogP contribution in [0, 0.1) is 6.92 Å². The van der Waals surface area contributed by atoms with Crippen LogP contribution in [0.15, 0.2) is 72.4 Å². The first-order valence-electron chi connectivity index (χ1n) is 9.77. The molecule has 0 fully saturated rings. The number of para-hydroxylation sites is 2. The summed E-state index contributed by atoms with van der Waals surface area (Å²) in [7, 11) is 0. The van der Waals surface area contributed by atoms with Crippen LogP contribution in [-0.2, 0) is 0 Å². The van der Waals surface area contributed by atoms with Crippen molar-refractivity contribution in [2.45, 2.75) is 6.92 Å². The molecule has 7 nitrogen and oxygen atoms in total. The number of amides is 1. The largest absolute Gasteiger partial charge is 0.330 e. The Morgan fingerprint density at radius 2 is 1.91 bits per heavy atom. The number of hydrogen-bond acceptors (Lipinski definition) is 6. The van der Waals surface area contributed by atoms with Crippen LogP contribution in [0.2, 0.25) is 5.02 Å². The van der Waals surface area contributed by atoms with E-state index in [-0.39, 0.29) is 11.6 Å². The molecule has 0 atom stereocenters. The molecule has 0 saturated carbocycles. The molecule has 1 amide bonds. The number of aryl methyl sites for hydroxylation is 1. The molecule has 158 valence electrons. The van der Waals surface area contributed by atoms with Gasteiger partial charge in [0.2, 0.25) is 0 Å². The summed E-state index contributed by atoms with van der Waals surface area (Å²) in [5.74, 6) is -0.324. The van der Waals surface area contributed by atoms with Crippen molar-refractivity contribution in [1.29, 1.82) is 0 Å². The Hall–Kier alpha value is -3.75. The summed E-state index contributed by atoms with van der Waals surface area (Å²) in [5, 5.41) is 13.9. The van der Waals surface area contributed by atoms with E-state index in [1.807, 2.05) is 60.8 Å². The minimum Gasteiger partial charge on any atom is -0.330 e. The highest BCUT2D eigenvalue weighted by molar-refractivity contribution is 7.13. The van der Waals surface area contributed by atoms with E-state index in [4.69, 9.17) is 11.6 Å². The molecule has 0 unspecified atom stereocenters. The van der Waals surface area contributed by atoms with Crippen LogP contribution in [0.3, 0.4) is 0 Å². The van der Waals surface area contributed by atoms with Crippen LogP contribution in [0.1, 0.15) is 16.2 Å². The van der Waals surface area contributed by atoms with Crippen molar-refractivity contribution in [3.63, 3.8) is 0 Å².